The highest BCUT2D eigenvalue weighted by molar-refractivity contribution is 7.89. The molecule has 0 rings (SSSR count). The van der Waals surface area contributed by atoms with Gasteiger partial charge < -0.3 is 10.4 Å². The third-order valence-electron chi connectivity index (χ3n) is 2.22. The average molecular weight is 288 g/mol. The molecule has 0 aromatic carbocycles. The predicted molar refractivity (Wildman–Crippen MR) is 66.2 cm³/mol. The van der Waals surface area contributed by atoms with Gasteiger partial charge in [-0.2, -0.15) is 4.31 Å². The molecule has 0 saturated heterocycles. The number of aliphatic hydroxyl groups excluding tert-OH is 1. The molecule has 0 saturated carbocycles. The van der Waals surface area contributed by atoms with E-state index in [9.17, 15) is 17.2 Å². The van der Waals surface area contributed by atoms with Crippen LogP contribution in [0.4, 0.5) is 8.78 Å². The first kappa shape index (κ1) is 17.7. The maximum Gasteiger partial charge on any atom is 0.252 e. The van der Waals surface area contributed by atoms with Gasteiger partial charge in [0.1, 0.15) is 0 Å². The van der Waals surface area contributed by atoms with Crippen LogP contribution in [0.3, 0.4) is 0 Å². The molecule has 0 heterocycles. The summed E-state index contributed by atoms with van der Waals surface area (Å²) in [5, 5.41) is 11.7. The summed E-state index contributed by atoms with van der Waals surface area (Å²) in [6.07, 6.45) is -2.38. The lowest BCUT2D eigenvalue weighted by Gasteiger charge is -2.20. The maximum atomic E-state index is 12.2. The molecule has 18 heavy (non-hydrogen) atoms. The molecule has 0 amide bonds. The summed E-state index contributed by atoms with van der Waals surface area (Å²) in [7, 11) is -3.72. The number of hydrogen-bond donors (Lipinski definition) is 2. The lowest BCUT2D eigenvalue weighted by Crippen LogP contribution is -2.39. The highest BCUT2D eigenvalue weighted by atomic mass is 32.2. The van der Waals surface area contributed by atoms with E-state index < -0.39 is 29.6 Å². The van der Waals surface area contributed by atoms with Crippen LogP contribution in [0.15, 0.2) is 0 Å². The zero-order valence-corrected chi connectivity index (χ0v) is 11.6. The van der Waals surface area contributed by atoms with E-state index in [1.807, 2.05) is 13.8 Å². The topological polar surface area (TPSA) is 69.6 Å². The minimum atomic E-state index is -3.72. The first-order valence-corrected chi connectivity index (χ1v) is 7.50. The summed E-state index contributed by atoms with van der Waals surface area (Å²) >= 11 is 0. The van der Waals surface area contributed by atoms with Gasteiger partial charge in [-0.1, -0.05) is 13.8 Å². The number of rotatable bonds is 10. The molecule has 0 aromatic rings. The normalized spacial score (nSPS) is 12.9. The molecule has 0 fully saturated rings. The second-order valence-electron chi connectivity index (χ2n) is 4.25. The van der Waals surface area contributed by atoms with E-state index in [0.29, 0.717) is 17.3 Å². The van der Waals surface area contributed by atoms with Crippen molar-refractivity contribution in [3.63, 3.8) is 0 Å². The van der Waals surface area contributed by atoms with Gasteiger partial charge in [0.2, 0.25) is 10.0 Å². The molecule has 0 aliphatic carbocycles. The molecule has 110 valence electrons. The highest BCUT2D eigenvalue weighted by Gasteiger charge is 2.24. The molecule has 0 aromatic heterocycles. The molecule has 0 radical (unpaired) electrons. The number of nitrogens with zero attached hydrogens (tertiary/aromatic N) is 1. The van der Waals surface area contributed by atoms with Crippen molar-refractivity contribution in [2.24, 2.45) is 0 Å². The summed E-state index contributed by atoms with van der Waals surface area (Å²) in [6, 6.07) is 0.252. The number of halogens is 2. The SMILES string of the molecule is CC(C)NCCCS(=O)(=O)N(CCO)CC(F)F. The fourth-order valence-electron chi connectivity index (χ4n) is 1.38. The van der Waals surface area contributed by atoms with Crippen molar-refractivity contribution in [2.45, 2.75) is 32.7 Å². The number of sulfonamides is 1. The predicted octanol–water partition coefficient (Wildman–Crippen LogP) is 0.264. The Morgan fingerprint density at radius 1 is 1.33 bits per heavy atom. The van der Waals surface area contributed by atoms with Gasteiger partial charge >= 0.3 is 0 Å². The van der Waals surface area contributed by atoms with Gasteiger partial charge in [0.25, 0.3) is 6.43 Å². The Labute approximate surface area is 107 Å². The van der Waals surface area contributed by atoms with Gasteiger partial charge in [0.05, 0.1) is 18.9 Å². The van der Waals surface area contributed by atoms with Crippen molar-refractivity contribution in [2.75, 3.05) is 32.0 Å². The number of aliphatic hydroxyl groups is 1. The minimum absolute atomic E-state index is 0.195. The van der Waals surface area contributed by atoms with Crippen LogP contribution in [0.25, 0.3) is 0 Å². The van der Waals surface area contributed by atoms with Crippen LogP contribution >= 0.6 is 0 Å². The first-order valence-electron chi connectivity index (χ1n) is 5.89. The maximum absolute atomic E-state index is 12.2. The van der Waals surface area contributed by atoms with Crippen LogP contribution in [0, 0.1) is 0 Å². The van der Waals surface area contributed by atoms with Gasteiger partial charge in [0, 0.05) is 12.6 Å². The van der Waals surface area contributed by atoms with Crippen molar-refractivity contribution in [3.05, 3.63) is 0 Å². The Morgan fingerprint density at radius 2 is 1.94 bits per heavy atom. The third kappa shape index (κ3) is 7.91. The van der Waals surface area contributed by atoms with Gasteiger partial charge in [0.15, 0.2) is 0 Å². The first-order chi connectivity index (χ1) is 8.29. The fraction of sp³-hybridized carbons (Fsp3) is 1.00. The van der Waals surface area contributed by atoms with E-state index in [0.717, 1.165) is 0 Å². The largest absolute Gasteiger partial charge is 0.395 e. The summed E-state index contributed by atoms with van der Waals surface area (Å²) < 4.78 is 48.6. The number of alkyl halides is 2. The summed E-state index contributed by atoms with van der Waals surface area (Å²) in [4.78, 5) is 0. The lowest BCUT2D eigenvalue weighted by molar-refractivity contribution is 0.113. The molecular weight excluding hydrogens is 266 g/mol. The summed E-state index contributed by atoms with van der Waals surface area (Å²) in [5.74, 6) is -0.195. The molecule has 0 aliphatic rings. The Kier molecular flexibility index (Phi) is 8.58. The van der Waals surface area contributed by atoms with Crippen molar-refractivity contribution in [1.29, 1.82) is 0 Å². The smallest absolute Gasteiger partial charge is 0.252 e. The van der Waals surface area contributed by atoms with Crippen LogP contribution in [-0.4, -0.2) is 62.3 Å². The molecule has 2 N–H and O–H groups in total. The zero-order chi connectivity index (χ0) is 14.2. The number of hydrogen-bond acceptors (Lipinski definition) is 4. The van der Waals surface area contributed by atoms with Gasteiger partial charge in [-0.25, -0.2) is 17.2 Å². The fourth-order valence-corrected chi connectivity index (χ4v) is 2.85. The van der Waals surface area contributed by atoms with Crippen LogP contribution in [0.5, 0.6) is 0 Å². The zero-order valence-electron chi connectivity index (χ0n) is 10.8. The second-order valence-corrected chi connectivity index (χ2v) is 6.34. The highest BCUT2D eigenvalue weighted by Crippen LogP contribution is 2.07. The monoisotopic (exact) mass is 288 g/mol. The van der Waals surface area contributed by atoms with Crippen molar-refractivity contribution in [3.8, 4) is 0 Å². The quantitative estimate of drug-likeness (QED) is 0.566. The second kappa shape index (κ2) is 8.73. The third-order valence-corrected chi connectivity index (χ3v) is 4.14. The Bertz CT molecular complexity index is 310. The number of nitrogens with one attached hydrogen (secondary N) is 1. The molecule has 0 atom stereocenters. The van der Waals surface area contributed by atoms with Crippen molar-refractivity contribution < 1.29 is 22.3 Å². The summed E-state index contributed by atoms with van der Waals surface area (Å²) in [6.45, 7) is 2.77. The standard InChI is InChI=1S/C10H22F2N2O3S/c1-9(2)13-4-3-7-18(16,17)14(5-6-15)8-10(11)12/h9-10,13,15H,3-8H2,1-2H3. The van der Waals surface area contributed by atoms with E-state index in [2.05, 4.69) is 5.32 Å². The average Bonchev–Trinajstić information content (AvgIpc) is 2.23. The van der Waals surface area contributed by atoms with E-state index in [-0.39, 0.29) is 18.3 Å². The molecule has 0 aliphatic heterocycles. The molecular formula is C10H22F2N2O3S. The van der Waals surface area contributed by atoms with Crippen LogP contribution in [0.1, 0.15) is 20.3 Å². The minimum Gasteiger partial charge on any atom is -0.395 e. The Morgan fingerprint density at radius 3 is 2.39 bits per heavy atom. The van der Waals surface area contributed by atoms with Crippen LogP contribution in [0.2, 0.25) is 0 Å². The molecule has 0 unspecified atom stereocenters. The van der Waals surface area contributed by atoms with E-state index >= 15 is 0 Å². The molecule has 8 heteroatoms. The summed E-state index contributed by atoms with van der Waals surface area (Å²) in [5.41, 5.74) is 0. The van der Waals surface area contributed by atoms with E-state index in [1.54, 1.807) is 0 Å². The molecule has 0 spiro atoms. The molecule has 5 nitrogen and oxygen atoms in total. The van der Waals surface area contributed by atoms with Gasteiger partial charge in [-0.15, -0.1) is 0 Å². The Hall–Kier alpha value is -0.310. The molecule has 0 bridgehead atoms. The Balaban J connectivity index is 4.27. The lowest BCUT2D eigenvalue weighted by atomic mass is 10.4. The van der Waals surface area contributed by atoms with Crippen molar-refractivity contribution >= 4 is 10.0 Å². The van der Waals surface area contributed by atoms with E-state index in [4.69, 9.17) is 5.11 Å². The van der Waals surface area contributed by atoms with Gasteiger partial charge in [-0.3, -0.25) is 0 Å². The van der Waals surface area contributed by atoms with Crippen LogP contribution < -0.4 is 5.32 Å². The van der Waals surface area contributed by atoms with Crippen LogP contribution in [-0.2, 0) is 10.0 Å². The van der Waals surface area contributed by atoms with Gasteiger partial charge in [-0.05, 0) is 13.0 Å². The van der Waals surface area contributed by atoms with Crippen molar-refractivity contribution in [1.82, 2.24) is 9.62 Å². The van der Waals surface area contributed by atoms with E-state index in [1.165, 1.54) is 0 Å².